The van der Waals surface area contributed by atoms with Gasteiger partial charge in [-0.3, -0.25) is 24.1 Å². The first kappa shape index (κ1) is 92.8. The number of nitrogens with zero attached hydrogens (tertiary/aromatic N) is 4. The Morgan fingerprint density at radius 2 is 0.656 bits per heavy atom. The van der Waals surface area contributed by atoms with Gasteiger partial charge in [0.15, 0.2) is 0 Å². The molecule has 4 heterocycles. The first-order valence-electron chi connectivity index (χ1n) is 46.5. The van der Waals surface area contributed by atoms with Gasteiger partial charge in [-0.25, -0.2) is 0 Å². The van der Waals surface area contributed by atoms with Gasteiger partial charge in [-0.15, -0.1) is 6.58 Å². The third-order valence-electron chi connectivity index (χ3n) is 25.6. The van der Waals surface area contributed by atoms with Crippen LogP contribution in [0.15, 0.2) is 418 Å². The predicted octanol–water partition coefficient (Wildman–Crippen LogP) is 24.8. The summed E-state index contributed by atoms with van der Waals surface area (Å²) in [5, 5.41) is 0. The van der Waals surface area contributed by atoms with E-state index in [1.807, 2.05) is 128 Å². The molecule has 13 aromatic rings. The normalized spacial score (nSPS) is 19.7. The zero-order valence-corrected chi connectivity index (χ0v) is 75.2. The van der Waals surface area contributed by atoms with Crippen LogP contribution >= 0.6 is 0 Å². The van der Waals surface area contributed by atoms with Crippen LogP contribution in [-0.2, 0) is 89.8 Å². The van der Waals surface area contributed by atoms with Crippen LogP contribution in [0.5, 0.6) is 0 Å². The average molecular weight is 1690 g/mol. The summed E-state index contributed by atoms with van der Waals surface area (Å²) in [6.07, 6.45) is 20.6. The van der Waals surface area contributed by atoms with Crippen molar-refractivity contribution in [3.63, 3.8) is 0 Å². The van der Waals surface area contributed by atoms with Gasteiger partial charge in [-0.2, -0.15) is 0 Å². The number of likely N-dealkylation sites (tertiary alicyclic amines) is 4. The summed E-state index contributed by atoms with van der Waals surface area (Å²) in [6, 6.07) is 139. The quantitative estimate of drug-likeness (QED) is 0.0533. The van der Waals surface area contributed by atoms with E-state index in [1.165, 1.54) is 86.2 Å². The molecule has 4 fully saturated rings. The summed E-state index contributed by atoms with van der Waals surface area (Å²) in [4.78, 5) is 61.1. The maximum atomic E-state index is 13.7. The highest BCUT2D eigenvalue weighted by Gasteiger charge is 2.41. The number of hydrogen-bond acceptors (Lipinski definition) is 5. The Bertz CT molecular complexity index is 5480. The number of carbonyl (C=O) groups excluding carboxylic acids is 4. The van der Waals surface area contributed by atoms with Gasteiger partial charge < -0.3 is 14.7 Å². The molecule has 3 unspecified atom stereocenters. The number of amides is 3. The molecule has 0 aliphatic carbocycles. The second-order valence-corrected chi connectivity index (χ2v) is 35.1. The van der Waals surface area contributed by atoms with Crippen LogP contribution in [0.1, 0.15) is 132 Å². The van der Waals surface area contributed by atoms with Crippen molar-refractivity contribution in [3.8, 4) is 0 Å². The number of hydrogen-bond donors (Lipinski definition) is 0. The Hall–Kier alpha value is -12.9. The largest absolute Gasteiger partial charge is 0.338 e. The van der Waals surface area contributed by atoms with Gasteiger partial charge in [0, 0.05) is 68.1 Å². The van der Waals surface area contributed by atoms with Gasteiger partial charge in [-0.05, 0) is 189 Å². The molecule has 0 radical (unpaired) electrons. The van der Waals surface area contributed by atoms with E-state index in [4.69, 9.17) is 0 Å². The summed E-state index contributed by atoms with van der Waals surface area (Å²) >= 11 is 0. The van der Waals surface area contributed by atoms with Crippen molar-refractivity contribution in [3.05, 3.63) is 490 Å². The molecular formula is C120H128N4O4. The first-order chi connectivity index (χ1) is 62.8. The molecule has 8 nitrogen and oxygen atoms in total. The number of benzene rings is 13. The van der Waals surface area contributed by atoms with Crippen molar-refractivity contribution in [1.82, 2.24) is 19.6 Å². The van der Waals surface area contributed by atoms with Crippen LogP contribution in [0.4, 0.5) is 0 Å². The lowest BCUT2D eigenvalue weighted by atomic mass is 9.72. The Morgan fingerprint density at radius 3 is 1.07 bits per heavy atom. The molecule has 0 bridgehead atoms. The molecule has 0 N–H and O–H groups in total. The number of piperidine rings is 4. The minimum Gasteiger partial charge on any atom is -0.338 e. The third-order valence-corrected chi connectivity index (χ3v) is 25.6. The smallest absolute Gasteiger partial charge is 0.227 e. The first-order valence-corrected chi connectivity index (χ1v) is 46.5. The second-order valence-electron chi connectivity index (χ2n) is 35.1. The number of allylic oxidation sites excluding steroid dienone is 1. The molecule has 4 aliphatic heterocycles. The van der Waals surface area contributed by atoms with E-state index in [9.17, 15) is 19.2 Å². The van der Waals surface area contributed by atoms with E-state index in [0.717, 1.165) is 94.0 Å². The highest BCUT2D eigenvalue weighted by atomic mass is 16.2. The van der Waals surface area contributed by atoms with Crippen molar-refractivity contribution in [2.45, 2.75) is 166 Å². The zero-order chi connectivity index (χ0) is 88.7. The van der Waals surface area contributed by atoms with Crippen LogP contribution in [0, 0.1) is 17.8 Å². The van der Waals surface area contributed by atoms with E-state index < -0.39 is 0 Å². The summed E-state index contributed by atoms with van der Waals surface area (Å²) < 4.78 is 0. The minimum absolute atomic E-state index is 0.0313. The number of carbonyl (C=O) groups is 4. The van der Waals surface area contributed by atoms with E-state index in [2.05, 4.69) is 325 Å². The van der Waals surface area contributed by atoms with Crippen molar-refractivity contribution >= 4 is 35.7 Å². The van der Waals surface area contributed by atoms with Crippen LogP contribution < -0.4 is 0 Å². The SMILES string of the molecule is C=CC.C[C@@H]1C/C(=C\c2ccccc2)C[C@H](Cc2ccccc2)N1C(=O)Cc1ccccc1.C[C@@H]1CC(=O)C[C@H](Cc2ccccc2)N1C(=O)Cc1ccccc1.O=C(Cc1ccccc1)N1CC/C(=C\c2ccccc2)C(Cc2ccccc2)C1Cc1ccccc1.c1ccc(CCN2CCC(Cc3ccccc3)[C@@H](Cc3ccccc3)[C@@H]2Cc2ccccc2)cc1. The zero-order valence-electron chi connectivity index (χ0n) is 75.2. The van der Waals surface area contributed by atoms with Crippen molar-refractivity contribution in [1.29, 1.82) is 0 Å². The Morgan fingerprint density at radius 1 is 0.336 bits per heavy atom. The Kier molecular flexibility index (Phi) is 36.1. The van der Waals surface area contributed by atoms with Gasteiger partial charge in [0.25, 0.3) is 0 Å². The third kappa shape index (κ3) is 28.8. The lowest BCUT2D eigenvalue weighted by Gasteiger charge is -2.46. The van der Waals surface area contributed by atoms with Gasteiger partial charge >= 0.3 is 0 Å². The topological polar surface area (TPSA) is 81.2 Å². The van der Waals surface area contributed by atoms with Crippen LogP contribution in [0.25, 0.3) is 12.2 Å². The number of ketones is 1. The molecule has 0 aromatic heterocycles. The van der Waals surface area contributed by atoms with Gasteiger partial charge in [-0.1, -0.05) is 424 Å². The molecular weight excluding hydrogens is 1560 g/mol. The minimum atomic E-state index is -0.0418. The lowest BCUT2D eigenvalue weighted by Crippen LogP contribution is -2.52. The standard InChI is InChI=1S/C34H33NO.C34H37N.C28H29NO.C21H23NO2.C3H6/c36-34(26-30-19-11-4-12-20-30)35-22-21-31(23-27-13-5-1-6-14-27)32(24-28-15-7-2-8-16-28)33(35)25-29-17-9-3-10-18-29;1-5-13-28(14-6-1)21-23-35-24-22-32(25-29-15-7-2-8-16-29)33(26-30-17-9-3-10-18-30)34(35)27-31-19-11-4-12-20-31;1-22-17-26(18-23-11-5-2-6-12-23)20-27(19-24-13-7-3-8-14-24)29(22)28(30)21-25-15-9-4-10-16-25;1-16-12-20(23)15-19(13-17-8-4-2-5-9-17)22(16)21(24)14-18-10-6-3-7-11-18;1-3-2/h1-20,23,32-33H,21-22,24-26H2;1-20,32-34H,21-27H2;2-16,18,22,27H,17,19-21H2,1H3;2-11,16,19H,12-15H2,1H3;3H,1H2,2H3/b31-23+;;26-18+;;/t;32?,33-,34+;22-,27+;16-,19+;/m.111./s1. The van der Waals surface area contributed by atoms with Crippen LogP contribution in [0.2, 0.25) is 0 Å². The predicted molar refractivity (Wildman–Crippen MR) is 531 cm³/mol. The fourth-order valence-corrected chi connectivity index (χ4v) is 19.6. The van der Waals surface area contributed by atoms with Gasteiger partial charge in [0.05, 0.1) is 19.3 Å². The second kappa shape index (κ2) is 49.9. The molecule has 4 aliphatic rings. The van der Waals surface area contributed by atoms with Crippen molar-refractivity contribution < 1.29 is 19.2 Å². The van der Waals surface area contributed by atoms with E-state index in [0.29, 0.717) is 50.0 Å². The maximum Gasteiger partial charge on any atom is 0.227 e. The maximum absolute atomic E-state index is 13.7. The molecule has 13 aromatic carbocycles. The van der Waals surface area contributed by atoms with E-state index in [1.54, 1.807) is 6.08 Å². The van der Waals surface area contributed by atoms with Crippen LogP contribution in [0.3, 0.4) is 0 Å². The van der Waals surface area contributed by atoms with E-state index in [-0.39, 0.29) is 59.6 Å². The van der Waals surface area contributed by atoms with Crippen molar-refractivity contribution in [2.75, 3.05) is 19.6 Å². The monoisotopic (exact) mass is 1690 g/mol. The average Bonchev–Trinajstić information content (AvgIpc) is 0.782. The van der Waals surface area contributed by atoms with Crippen LogP contribution in [-0.4, -0.2) is 99.0 Å². The van der Waals surface area contributed by atoms with Gasteiger partial charge in [0.1, 0.15) is 5.78 Å². The molecule has 0 saturated carbocycles. The molecule has 8 heteroatoms. The molecule has 9 atom stereocenters. The number of rotatable bonds is 25. The highest BCUT2D eigenvalue weighted by molar-refractivity contribution is 5.86. The molecule has 652 valence electrons. The van der Waals surface area contributed by atoms with Gasteiger partial charge in [0.2, 0.25) is 17.7 Å². The summed E-state index contributed by atoms with van der Waals surface area (Å²) in [5.41, 5.74) is 19.4. The Balaban J connectivity index is 0.000000146. The summed E-state index contributed by atoms with van der Waals surface area (Å²) in [7, 11) is 0. The highest BCUT2D eigenvalue weighted by Crippen LogP contribution is 2.39. The fourth-order valence-electron chi connectivity index (χ4n) is 19.6. The fraction of sp³-hybridized carbons (Fsp3) is 0.267. The molecule has 0 spiro atoms. The summed E-state index contributed by atoms with van der Waals surface area (Å²) in [5.74, 6) is 2.39. The summed E-state index contributed by atoms with van der Waals surface area (Å²) in [6.45, 7) is 12.5. The molecule has 17 rings (SSSR count). The lowest BCUT2D eigenvalue weighted by molar-refractivity contribution is -0.141. The van der Waals surface area contributed by atoms with Crippen molar-refractivity contribution in [2.24, 2.45) is 17.8 Å². The Labute approximate surface area is 763 Å². The molecule has 128 heavy (non-hydrogen) atoms. The number of Topliss-reactive ketones (excluding diaryl/α,β-unsaturated/α-hetero) is 1. The molecule has 4 saturated heterocycles. The molecule has 3 amide bonds. The van der Waals surface area contributed by atoms with E-state index >= 15 is 0 Å².